The molecule has 0 fully saturated rings. The molecule has 1 aliphatic rings. The minimum Gasteiger partial charge on any atom is -0.493 e. The summed E-state index contributed by atoms with van der Waals surface area (Å²) < 4.78 is 5.43. The Morgan fingerprint density at radius 3 is 3.11 bits per heavy atom. The summed E-state index contributed by atoms with van der Waals surface area (Å²) in [6.07, 6.45) is 2.71. The quantitative estimate of drug-likeness (QED) is 0.837. The first kappa shape index (κ1) is 12.9. The molecule has 1 aliphatic heterocycles. The molecule has 1 aromatic rings. The van der Waals surface area contributed by atoms with Gasteiger partial charge in [-0.2, -0.15) is 0 Å². The zero-order valence-electron chi connectivity index (χ0n) is 10.7. The number of carbonyl (C=O) groups excluding carboxylic acids is 1. The first-order valence-electron chi connectivity index (χ1n) is 6.51. The number of amides is 1. The lowest BCUT2D eigenvalue weighted by Crippen LogP contribution is -2.29. The van der Waals surface area contributed by atoms with Gasteiger partial charge in [-0.1, -0.05) is 13.3 Å². The second-order valence-electron chi connectivity index (χ2n) is 4.63. The number of nitrogens with one attached hydrogen (secondary N) is 1. The standard InChI is InChI=1S/C14H20N2O2/c1-2-3-11(9-15)14(17)16-12-4-5-13-10(8-12)6-7-18-13/h4-5,8,11H,2-3,6-7,9,15H2,1H3,(H,16,17). The number of ether oxygens (including phenoxy) is 1. The molecule has 2 rings (SSSR count). The van der Waals surface area contributed by atoms with E-state index in [9.17, 15) is 4.79 Å². The predicted molar refractivity (Wildman–Crippen MR) is 71.7 cm³/mol. The molecule has 0 spiro atoms. The number of carbonyl (C=O) groups is 1. The van der Waals surface area contributed by atoms with Gasteiger partial charge in [0, 0.05) is 18.7 Å². The van der Waals surface area contributed by atoms with Gasteiger partial charge in [0.15, 0.2) is 0 Å². The third-order valence-corrected chi connectivity index (χ3v) is 3.25. The highest BCUT2D eigenvalue weighted by molar-refractivity contribution is 5.92. The Morgan fingerprint density at radius 1 is 1.56 bits per heavy atom. The largest absolute Gasteiger partial charge is 0.493 e. The number of fused-ring (bicyclic) bond motifs is 1. The Labute approximate surface area is 108 Å². The molecular formula is C14H20N2O2. The average molecular weight is 248 g/mol. The topological polar surface area (TPSA) is 64.4 Å². The Balaban J connectivity index is 2.02. The van der Waals surface area contributed by atoms with Gasteiger partial charge in [-0.15, -0.1) is 0 Å². The molecule has 1 heterocycles. The van der Waals surface area contributed by atoms with E-state index in [1.807, 2.05) is 18.2 Å². The highest BCUT2D eigenvalue weighted by Crippen LogP contribution is 2.28. The van der Waals surface area contributed by atoms with Crippen LogP contribution < -0.4 is 15.8 Å². The maximum atomic E-state index is 12.0. The first-order chi connectivity index (χ1) is 8.74. The van der Waals surface area contributed by atoms with E-state index in [0.29, 0.717) is 6.54 Å². The van der Waals surface area contributed by atoms with Crippen LogP contribution in [0.3, 0.4) is 0 Å². The molecule has 0 saturated carbocycles. The van der Waals surface area contributed by atoms with Crippen molar-refractivity contribution in [2.45, 2.75) is 26.2 Å². The Bertz CT molecular complexity index is 432. The van der Waals surface area contributed by atoms with Gasteiger partial charge in [0.05, 0.1) is 12.5 Å². The SMILES string of the molecule is CCCC(CN)C(=O)Nc1ccc2c(c1)CCO2. The van der Waals surface area contributed by atoms with Crippen molar-refractivity contribution in [1.29, 1.82) is 0 Å². The summed E-state index contributed by atoms with van der Waals surface area (Å²) in [5, 5.41) is 2.93. The van der Waals surface area contributed by atoms with Crippen molar-refractivity contribution >= 4 is 11.6 Å². The smallest absolute Gasteiger partial charge is 0.228 e. The second-order valence-corrected chi connectivity index (χ2v) is 4.63. The third kappa shape index (κ3) is 2.82. The van der Waals surface area contributed by atoms with Crippen molar-refractivity contribution in [1.82, 2.24) is 0 Å². The fourth-order valence-electron chi connectivity index (χ4n) is 2.21. The Hall–Kier alpha value is -1.55. The molecule has 0 saturated heterocycles. The van der Waals surface area contributed by atoms with Gasteiger partial charge >= 0.3 is 0 Å². The van der Waals surface area contributed by atoms with Crippen LogP contribution in [0.4, 0.5) is 5.69 Å². The van der Waals surface area contributed by atoms with Crippen molar-refractivity contribution in [3.8, 4) is 5.75 Å². The highest BCUT2D eigenvalue weighted by atomic mass is 16.5. The van der Waals surface area contributed by atoms with E-state index in [0.717, 1.165) is 42.9 Å². The van der Waals surface area contributed by atoms with Crippen LogP contribution in [-0.2, 0) is 11.2 Å². The van der Waals surface area contributed by atoms with E-state index in [4.69, 9.17) is 10.5 Å². The van der Waals surface area contributed by atoms with Crippen molar-refractivity contribution in [2.24, 2.45) is 11.7 Å². The maximum Gasteiger partial charge on any atom is 0.228 e. The van der Waals surface area contributed by atoms with Gasteiger partial charge in [-0.05, 0) is 30.2 Å². The molecule has 0 radical (unpaired) electrons. The van der Waals surface area contributed by atoms with Gasteiger partial charge < -0.3 is 15.8 Å². The molecule has 98 valence electrons. The van der Waals surface area contributed by atoms with Crippen molar-refractivity contribution in [3.05, 3.63) is 23.8 Å². The Kier molecular flexibility index (Phi) is 4.20. The van der Waals surface area contributed by atoms with E-state index >= 15 is 0 Å². The molecule has 0 aliphatic carbocycles. The average Bonchev–Trinajstić information content (AvgIpc) is 2.83. The molecule has 1 aromatic carbocycles. The zero-order valence-corrected chi connectivity index (χ0v) is 10.7. The first-order valence-corrected chi connectivity index (χ1v) is 6.51. The van der Waals surface area contributed by atoms with Crippen LogP contribution in [0, 0.1) is 5.92 Å². The molecule has 3 N–H and O–H groups in total. The summed E-state index contributed by atoms with van der Waals surface area (Å²) in [7, 11) is 0. The Morgan fingerprint density at radius 2 is 2.39 bits per heavy atom. The minimum absolute atomic E-state index is 0.0122. The fraction of sp³-hybridized carbons (Fsp3) is 0.500. The van der Waals surface area contributed by atoms with Crippen molar-refractivity contribution < 1.29 is 9.53 Å². The molecule has 18 heavy (non-hydrogen) atoms. The molecule has 0 aromatic heterocycles. The monoisotopic (exact) mass is 248 g/mol. The minimum atomic E-state index is -0.0977. The number of anilines is 1. The van der Waals surface area contributed by atoms with Gasteiger partial charge in [0.2, 0.25) is 5.91 Å². The molecule has 4 heteroatoms. The summed E-state index contributed by atoms with van der Waals surface area (Å²) in [5.41, 5.74) is 7.61. The van der Waals surface area contributed by atoms with Gasteiger partial charge in [0.1, 0.15) is 5.75 Å². The summed E-state index contributed by atoms with van der Waals surface area (Å²) in [6.45, 7) is 3.18. The summed E-state index contributed by atoms with van der Waals surface area (Å²) in [6, 6.07) is 5.77. The summed E-state index contributed by atoms with van der Waals surface area (Å²) in [5.74, 6) is 0.842. The summed E-state index contributed by atoms with van der Waals surface area (Å²) >= 11 is 0. The molecule has 1 amide bonds. The molecule has 0 bridgehead atoms. The predicted octanol–water partition coefficient (Wildman–Crippen LogP) is 1.93. The molecular weight excluding hydrogens is 228 g/mol. The number of hydrogen-bond donors (Lipinski definition) is 2. The van der Waals surface area contributed by atoms with Crippen LogP contribution in [0.25, 0.3) is 0 Å². The lowest BCUT2D eigenvalue weighted by molar-refractivity contribution is -0.119. The van der Waals surface area contributed by atoms with Crippen LogP contribution >= 0.6 is 0 Å². The highest BCUT2D eigenvalue weighted by Gasteiger charge is 2.17. The van der Waals surface area contributed by atoms with E-state index in [1.165, 1.54) is 0 Å². The van der Waals surface area contributed by atoms with E-state index in [1.54, 1.807) is 0 Å². The van der Waals surface area contributed by atoms with Gasteiger partial charge in [0.25, 0.3) is 0 Å². The fourth-order valence-corrected chi connectivity index (χ4v) is 2.21. The van der Waals surface area contributed by atoms with E-state index < -0.39 is 0 Å². The number of benzene rings is 1. The van der Waals surface area contributed by atoms with Gasteiger partial charge in [-0.25, -0.2) is 0 Å². The molecule has 1 unspecified atom stereocenters. The number of rotatable bonds is 5. The number of hydrogen-bond acceptors (Lipinski definition) is 3. The van der Waals surface area contributed by atoms with Crippen LogP contribution in [0.15, 0.2) is 18.2 Å². The lowest BCUT2D eigenvalue weighted by atomic mass is 10.0. The molecule has 4 nitrogen and oxygen atoms in total. The lowest BCUT2D eigenvalue weighted by Gasteiger charge is -2.14. The van der Waals surface area contributed by atoms with Crippen molar-refractivity contribution in [2.75, 3.05) is 18.5 Å². The molecule has 1 atom stereocenters. The van der Waals surface area contributed by atoms with Crippen molar-refractivity contribution in [3.63, 3.8) is 0 Å². The maximum absolute atomic E-state index is 12.0. The zero-order chi connectivity index (χ0) is 13.0. The summed E-state index contributed by atoms with van der Waals surface area (Å²) in [4.78, 5) is 12.0. The normalized spacial score (nSPS) is 14.8. The van der Waals surface area contributed by atoms with Crippen LogP contribution in [0.1, 0.15) is 25.3 Å². The second kappa shape index (κ2) is 5.87. The van der Waals surface area contributed by atoms with E-state index in [2.05, 4.69) is 12.2 Å². The number of nitrogens with two attached hydrogens (primary N) is 1. The third-order valence-electron chi connectivity index (χ3n) is 3.25. The van der Waals surface area contributed by atoms with Gasteiger partial charge in [-0.3, -0.25) is 4.79 Å². The van der Waals surface area contributed by atoms with E-state index in [-0.39, 0.29) is 11.8 Å². The van der Waals surface area contributed by atoms with Crippen LogP contribution in [0.2, 0.25) is 0 Å². The van der Waals surface area contributed by atoms with Crippen LogP contribution in [-0.4, -0.2) is 19.1 Å². The van der Waals surface area contributed by atoms with Crippen LogP contribution in [0.5, 0.6) is 5.75 Å².